The molecular weight excluding hydrogens is 232 g/mol. The molecule has 0 aliphatic carbocycles. The Kier molecular flexibility index (Phi) is 3.88. The fourth-order valence-corrected chi connectivity index (χ4v) is 1.44. The molecule has 0 bridgehead atoms. The minimum absolute atomic E-state index is 0.100. The van der Waals surface area contributed by atoms with Crippen LogP contribution in [0, 0.1) is 11.3 Å². The van der Waals surface area contributed by atoms with E-state index in [0.29, 0.717) is 0 Å². The molecule has 0 amide bonds. The molecule has 0 saturated heterocycles. The van der Waals surface area contributed by atoms with E-state index < -0.39 is 24.4 Å². The summed E-state index contributed by atoms with van der Waals surface area (Å²) in [5, 5.41) is 17.2. The van der Waals surface area contributed by atoms with Gasteiger partial charge in [0.05, 0.1) is 18.1 Å². The molecule has 0 unspecified atom stereocenters. The Morgan fingerprint density at radius 3 is 2.59 bits per heavy atom. The minimum Gasteiger partial charge on any atom is -0.481 e. The van der Waals surface area contributed by atoms with E-state index >= 15 is 0 Å². The number of halogens is 2. The normalized spacial score (nSPS) is 10.0. The minimum atomic E-state index is -2.93. The van der Waals surface area contributed by atoms with Crippen molar-refractivity contribution < 1.29 is 23.5 Å². The van der Waals surface area contributed by atoms with Gasteiger partial charge in [-0.2, -0.15) is 5.26 Å². The van der Waals surface area contributed by atoms with E-state index in [1.807, 2.05) is 0 Å². The van der Waals surface area contributed by atoms with Crippen LogP contribution < -0.4 is 0 Å². The van der Waals surface area contributed by atoms with Crippen molar-refractivity contribution in [3.8, 4) is 6.07 Å². The number of carbonyl (C=O) groups excluding carboxylic acids is 1. The van der Waals surface area contributed by atoms with Gasteiger partial charge in [-0.05, 0) is 17.7 Å². The fraction of sp³-hybridized carbons (Fsp3) is 0.182. The predicted octanol–water partition coefficient (Wildman–Crippen LogP) is 1.94. The van der Waals surface area contributed by atoms with Crippen molar-refractivity contribution in [1.82, 2.24) is 0 Å². The number of nitrogens with zero attached hydrogens (tertiary/aromatic N) is 1. The van der Waals surface area contributed by atoms with Gasteiger partial charge in [0.15, 0.2) is 0 Å². The number of carboxylic acid groups (broad SMARTS) is 1. The van der Waals surface area contributed by atoms with Crippen LogP contribution in [0.2, 0.25) is 0 Å². The molecule has 0 fully saturated rings. The number of aldehydes is 1. The first kappa shape index (κ1) is 12.8. The summed E-state index contributed by atoms with van der Waals surface area (Å²) < 4.78 is 25.4. The Balaban J connectivity index is 3.47. The Morgan fingerprint density at radius 1 is 1.53 bits per heavy atom. The first-order valence-corrected chi connectivity index (χ1v) is 4.51. The standard InChI is InChI=1S/C11H7F2NO3/c12-11(13)9-2-6(4-14)1-7(5-15)8(9)3-10(16)17/h1-2,5,11H,3H2,(H,16,17). The molecule has 0 heterocycles. The quantitative estimate of drug-likeness (QED) is 0.814. The summed E-state index contributed by atoms with van der Waals surface area (Å²) in [7, 11) is 0. The highest BCUT2D eigenvalue weighted by molar-refractivity contribution is 5.83. The number of hydrogen-bond acceptors (Lipinski definition) is 3. The number of aliphatic carboxylic acids is 1. The Hall–Kier alpha value is -2.29. The third kappa shape index (κ3) is 2.84. The van der Waals surface area contributed by atoms with Crippen molar-refractivity contribution in [3.63, 3.8) is 0 Å². The summed E-state index contributed by atoms with van der Waals surface area (Å²) in [5.41, 5.74) is -1.13. The second kappa shape index (κ2) is 5.16. The number of carboxylic acids is 1. The molecule has 0 saturated carbocycles. The lowest BCUT2D eigenvalue weighted by Gasteiger charge is -2.10. The predicted molar refractivity (Wildman–Crippen MR) is 52.8 cm³/mol. The van der Waals surface area contributed by atoms with Crippen LogP contribution in [-0.4, -0.2) is 17.4 Å². The van der Waals surface area contributed by atoms with Crippen LogP contribution in [0.4, 0.5) is 8.78 Å². The number of nitriles is 1. The van der Waals surface area contributed by atoms with Crippen LogP contribution in [0.25, 0.3) is 0 Å². The molecule has 1 N–H and O–H groups in total. The lowest BCUT2D eigenvalue weighted by molar-refractivity contribution is -0.136. The Bertz CT molecular complexity index is 506. The highest BCUT2D eigenvalue weighted by Gasteiger charge is 2.19. The Morgan fingerprint density at radius 2 is 2.18 bits per heavy atom. The van der Waals surface area contributed by atoms with E-state index in [0.717, 1.165) is 12.1 Å². The number of hydrogen-bond donors (Lipinski definition) is 1. The first-order valence-electron chi connectivity index (χ1n) is 4.51. The summed E-state index contributed by atoms with van der Waals surface area (Å²) in [6.45, 7) is 0. The summed E-state index contributed by atoms with van der Waals surface area (Å²) in [6, 6.07) is 3.63. The van der Waals surface area contributed by atoms with Gasteiger partial charge < -0.3 is 5.11 Å². The summed E-state index contributed by atoms with van der Waals surface area (Å²) in [5.74, 6) is -1.32. The van der Waals surface area contributed by atoms with Crippen molar-refractivity contribution in [1.29, 1.82) is 5.26 Å². The van der Waals surface area contributed by atoms with Gasteiger partial charge in [-0.3, -0.25) is 9.59 Å². The van der Waals surface area contributed by atoms with Crippen molar-refractivity contribution in [3.05, 3.63) is 34.4 Å². The maximum absolute atomic E-state index is 12.7. The summed E-state index contributed by atoms with van der Waals surface area (Å²) in [4.78, 5) is 21.2. The number of alkyl halides is 2. The van der Waals surface area contributed by atoms with Crippen molar-refractivity contribution >= 4 is 12.3 Å². The van der Waals surface area contributed by atoms with E-state index in [2.05, 4.69) is 0 Å². The third-order valence-electron chi connectivity index (χ3n) is 2.14. The molecule has 1 aromatic rings. The van der Waals surface area contributed by atoms with E-state index in [4.69, 9.17) is 10.4 Å². The monoisotopic (exact) mass is 239 g/mol. The molecule has 1 rings (SSSR count). The van der Waals surface area contributed by atoms with Gasteiger partial charge in [-0.1, -0.05) is 0 Å². The van der Waals surface area contributed by atoms with Gasteiger partial charge >= 0.3 is 5.97 Å². The van der Waals surface area contributed by atoms with E-state index in [-0.39, 0.29) is 23.0 Å². The topological polar surface area (TPSA) is 78.2 Å². The molecule has 0 spiro atoms. The zero-order valence-electron chi connectivity index (χ0n) is 8.48. The largest absolute Gasteiger partial charge is 0.481 e. The molecular formula is C11H7F2NO3. The van der Waals surface area contributed by atoms with Crippen molar-refractivity contribution in [2.24, 2.45) is 0 Å². The second-order valence-corrected chi connectivity index (χ2v) is 3.23. The number of carbonyl (C=O) groups is 2. The maximum atomic E-state index is 12.7. The molecule has 0 aromatic heterocycles. The molecule has 4 nitrogen and oxygen atoms in total. The van der Waals surface area contributed by atoms with Crippen LogP contribution in [0.15, 0.2) is 12.1 Å². The van der Waals surface area contributed by atoms with Crippen LogP contribution in [0.1, 0.15) is 33.5 Å². The molecule has 0 aliphatic rings. The second-order valence-electron chi connectivity index (χ2n) is 3.23. The zero-order valence-corrected chi connectivity index (χ0v) is 8.48. The highest BCUT2D eigenvalue weighted by Crippen LogP contribution is 2.27. The van der Waals surface area contributed by atoms with Gasteiger partial charge in [0.25, 0.3) is 6.43 Å². The maximum Gasteiger partial charge on any atom is 0.307 e. The van der Waals surface area contributed by atoms with Gasteiger partial charge in [0, 0.05) is 11.1 Å². The van der Waals surface area contributed by atoms with Crippen LogP contribution in [-0.2, 0) is 11.2 Å². The lowest BCUT2D eigenvalue weighted by Crippen LogP contribution is -2.08. The first-order chi connectivity index (χ1) is 7.99. The molecule has 6 heteroatoms. The molecule has 0 aliphatic heterocycles. The van der Waals surface area contributed by atoms with E-state index in [1.54, 1.807) is 6.07 Å². The average Bonchev–Trinajstić information content (AvgIpc) is 2.28. The molecule has 17 heavy (non-hydrogen) atoms. The number of benzene rings is 1. The van der Waals surface area contributed by atoms with E-state index in [9.17, 15) is 18.4 Å². The van der Waals surface area contributed by atoms with E-state index in [1.165, 1.54) is 0 Å². The zero-order chi connectivity index (χ0) is 13.0. The average molecular weight is 239 g/mol. The number of rotatable bonds is 4. The van der Waals surface area contributed by atoms with Gasteiger partial charge in [-0.25, -0.2) is 8.78 Å². The van der Waals surface area contributed by atoms with Gasteiger partial charge in [0.1, 0.15) is 6.29 Å². The van der Waals surface area contributed by atoms with Crippen LogP contribution >= 0.6 is 0 Å². The highest BCUT2D eigenvalue weighted by atomic mass is 19.3. The van der Waals surface area contributed by atoms with Crippen molar-refractivity contribution in [2.75, 3.05) is 0 Å². The molecule has 0 radical (unpaired) electrons. The van der Waals surface area contributed by atoms with Crippen LogP contribution in [0.3, 0.4) is 0 Å². The van der Waals surface area contributed by atoms with Gasteiger partial charge in [0.2, 0.25) is 0 Å². The van der Waals surface area contributed by atoms with Crippen LogP contribution in [0.5, 0.6) is 0 Å². The molecule has 88 valence electrons. The molecule has 0 atom stereocenters. The van der Waals surface area contributed by atoms with Gasteiger partial charge in [-0.15, -0.1) is 0 Å². The smallest absolute Gasteiger partial charge is 0.307 e. The van der Waals surface area contributed by atoms with Crippen molar-refractivity contribution in [2.45, 2.75) is 12.8 Å². The summed E-state index contributed by atoms with van der Waals surface area (Å²) >= 11 is 0. The Labute approximate surface area is 95.1 Å². The third-order valence-corrected chi connectivity index (χ3v) is 2.14. The fourth-order valence-electron chi connectivity index (χ4n) is 1.44. The lowest BCUT2D eigenvalue weighted by atomic mass is 9.96. The summed E-state index contributed by atoms with van der Waals surface area (Å²) in [6.07, 6.45) is -3.35. The SMILES string of the molecule is N#Cc1cc(C=O)c(CC(=O)O)c(C(F)F)c1. The molecule has 1 aromatic carbocycles.